The molecule has 10 rings (SSSR count). The fourth-order valence-electron chi connectivity index (χ4n) is 8.36. The third kappa shape index (κ3) is 5.29. The summed E-state index contributed by atoms with van der Waals surface area (Å²) in [5.41, 5.74) is 16.2. The van der Waals surface area contributed by atoms with Crippen LogP contribution in [0.15, 0.2) is 188 Å². The molecule has 8 aromatic carbocycles. The van der Waals surface area contributed by atoms with E-state index in [1.807, 2.05) is 11.3 Å². The summed E-state index contributed by atoms with van der Waals surface area (Å²) in [6.07, 6.45) is 0. The van der Waals surface area contributed by atoms with Crippen molar-refractivity contribution < 1.29 is 0 Å². The Balaban J connectivity index is 1.03. The van der Waals surface area contributed by atoms with Gasteiger partial charge in [0.05, 0.1) is 0 Å². The largest absolute Gasteiger partial charge is 0.310 e. The summed E-state index contributed by atoms with van der Waals surface area (Å²) in [4.78, 5) is 2.37. The van der Waals surface area contributed by atoms with Gasteiger partial charge in [-0.3, -0.25) is 0 Å². The van der Waals surface area contributed by atoms with Crippen molar-refractivity contribution in [2.75, 3.05) is 4.90 Å². The lowest BCUT2D eigenvalue weighted by Crippen LogP contribution is -2.15. The molecule has 0 radical (unpaired) electrons. The third-order valence-corrected chi connectivity index (χ3v) is 12.3. The van der Waals surface area contributed by atoms with Crippen molar-refractivity contribution in [3.63, 3.8) is 0 Å². The lowest BCUT2D eigenvalue weighted by atomic mass is 9.81. The van der Waals surface area contributed by atoms with Gasteiger partial charge in [0, 0.05) is 42.6 Å². The molecule has 0 unspecified atom stereocenters. The molecule has 1 aromatic heterocycles. The molecular formula is C51H37NS. The smallest absolute Gasteiger partial charge is 0.0467 e. The molecule has 0 spiro atoms. The maximum absolute atomic E-state index is 2.40. The van der Waals surface area contributed by atoms with Gasteiger partial charge in [-0.1, -0.05) is 147 Å². The first-order chi connectivity index (χ1) is 26.0. The molecule has 0 fully saturated rings. The van der Waals surface area contributed by atoms with E-state index in [4.69, 9.17) is 0 Å². The minimum atomic E-state index is -0.0748. The minimum absolute atomic E-state index is 0.0748. The van der Waals surface area contributed by atoms with Gasteiger partial charge in [0.25, 0.3) is 0 Å². The Kier molecular flexibility index (Phi) is 7.42. The van der Waals surface area contributed by atoms with Gasteiger partial charge in [-0.25, -0.2) is 0 Å². The number of thiophene rings is 1. The predicted octanol–water partition coefficient (Wildman–Crippen LogP) is 14.8. The maximum Gasteiger partial charge on any atom is 0.0467 e. The second kappa shape index (κ2) is 12.5. The first-order valence-corrected chi connectivity index (χ1v) is 19.2. The summed E-state index contributed by atoms with van der Waals surface area (Å²) in [7, 11) is 0. The van der Waals surface area contributed by atoms with Crippen LogP contribution in [-0.4, -0.2) is 0 Å². The van der Waals surface area contributed by atoms with Crippen molar-refractivity contribution in [3.8, 4) is 44.5 Å². The van der Waals surface area contributed by atoms with Gasteiger partial charge in [-0.15, -0.1) is 11.3 Å². The second-order valence-corrected chi connectivity index (χ2v) is 15.6. The molecule has 0 saturated carbocycles. The van der Waals surface area contributed by atoms with E-state index in [2.05, 4.69) is 207 Å². The summed E-state index contributed by atoms with van der Waals surface area (Å²) in [5.74, 6) is 0. The van der Waals surface area contributed by atoms with E-state index in [9.17, 15) is 0 Å². The van der Waals surface area contributed by atoms with Crippen LogP contribution in [0.4, 0.5) is 17.1 Å². The molecule has 1 nitrogen and oxygen atoms in total. The summed E-state index contributed by atoms with van der Waals surface area (Å²) >= 11 is 1.88. The zero-order valence-corrected chi connectivity index (χ0v) is 30.6. The van der Waals surface area contributed by atoms with Gasteiger partial charge in [0.2, 0.25) is 0 Å². The van der Waals surface area contributed by atoms with Crippen LogP contribution in [0.3, 0.4) is 0 Å². The highest BCUT2D eigenvalue weighted by atomic mass is 32.1. The van der Waals surface area contributed by atoms with Crippen LogP contribution in [0.1, 0.15) is 25.0 Å². The highest BCUT2D eigenvalue weighted by Gasteiger charge is 2.35. The first kappa shape index (κ1) is 31.5. The fourth-order valence-corrected chi connectivity index (χ4v) is 9.59. The number of anilines is 3. The molecule has 0 atom stereocenters. The molecule has 9 aromatic rings. The topological polar surface area (TPSA) is 3.24 Å². The molecule has 0 N–H and O–H groups in total. The Bertz CT molecular complexity index is 2790. The lowest BCUT2D eigenvalue weighted by molar-refractivity contribution is 0.660. The molecule has 0 aliphatic heterocycles. The first-order valence-electron chi connectivity index (χ1n) is 18.3. The second-order valence-electron chi connectivity index (χ2n) is 14.6. The van der Waals surface area contributed by atoms with Gasteiger partial charge in [0.1, 0.15) is 0 Å². The van der Waals surface area contributed by atoms with E-state index in [1.54, 1.807) is 0 Å². The summed E-state index contributed by atoms with van der Waals surface area (Å²) in [6, 6.07) is 68.9. The number of hydrogen-bond acceptors (Lipinski definition) is 2. The Morgan fingerprint density at radius 3 is 1.81 bits per heavy atom. The summed E-state index contributed by atoms with van der Waals surface area (Å²) in [5, 5.41) is 2.65. The van der Waals surface area contributed by atoms with Crippen molar-refractivity contribution in [2.45, 2.75) is 19.3 Å². The van der Waals surface area contributed by atoms with Crippen LogP contribution in [0.5, 0.6) is 0 Å². The molecule has 0 saturated heterocycles. The molecule has 1 aliphatic rings. The van der Waals surface area contributed by atoms with Crippen molar-refractivity contribution in [2.24, 2.45) is 0 Å². The van der Waals surface area contributed by atoms with E-state index < -0.39 is 0 Å². The van der Waals surface area contributed by atoms with Gasteiger partial charge < -0.3 is 4.90 Å². The van der Waals surface area contributed by atoms with Crippen molar-refractivity contribution >= 4 is 48.6 Å². The number of para-hydroxylation sites is 1. The zero-order chi connectivity index (χ0) is 35.5. The van der Waals surface area contributed by atoms with Crippen LogP contribution < -0.4 is 4.90 Å². The number of fused-ring (bicyclic) bond motifs is 6. The van der Waals surface area contributed by atoms with Gasteiger partial charge in [-0.05, 0) is 110 Å². The highest BCUT2D eigenvalue weighted by molar-refractivity contribution is 7.26. The van der Waals surface area contributed by atoms with Gasteiger partial charge >= 0.3 is 0 Å². The number of hydrogen-bond donors (Lipinski definition) is 0. The Morgan fingerprint density at radius 1 is 0.377 bits per heavy atom. The van der Waals surface area contributed by atoms with Crippen molar-refractivity contribution in [1.82, 2.24) is 0 Å². The van der Waals surface area contributed by atoms with E-state index in [-0.39, 0.29) is 5.41 Å². The minimum Gasteiger partial charge on any atom is -0.310 e. The average molecular weight is 696 g/mol. The monoisotopic (exact) mass is 695 g/mol. The van der Waals surface area contributed by atoms with Crippen molar-refractivity contribution in [1.29, 1.82) is 0 Å². The Morgan fingerprint density at radius 2 is 0.981 bits per heavy atom. The van der Waals surface area contributed by atoms with E-state index >= 15 is 0 Å². The van der Waals surface area contributed by atoms with Crippen LogP contribution >= 0.6 is 11.3 Å². The predicted molar refractivity (Wildman–Crippen MR) is 228 cm³/mol. The highest BCUT2D eigenvalue weighted by Crippen LogP contribution is 2.51. The SMILES string of the molecule is CC1(C)c2ccc(-c3cccc(N(c4ccccc4)c4ccc(-c5cccc6c5sc5ccccc56)cc4)c3)cc2-c2ccc(-c3ccccc3)cc21. The van der Waals surface area contributed by atoms with Crippen LogP contribution in [-0.2, 0) is 5.41 Å². The maximum atomic E-state index is 2.40. The fraction of sp³-hybridized carbons (Fsp3) is 0.0588. The third-order valence-electron chi connectivity index (χ3n) is 11.1. The van der Waals surface area contributed by atoms with Crippen LogP contribution in [0.25, 0.3) is 64.7 Å². The van der Waals surface area contributed by atoms with E-state index in [0.29, 0.717) is 0 Å². The molecule has 252 valence electrons. The Hall–Kier alpha value is -6.22. The van der Waals surface area contributed by atoms with Crippen LogP contribution in [0, 0.1) is 0 Å². The number of nitrogens with zero attached hydrogens (tertiary/aromatic N) is 1. The molecule has 0 bridgehead atoms. The van der Waals surface area contributed by atoms with Gasteiger partial charge in [-0.2, -0.15) is 0 Å². The average Bonchev–Trinajstić information content (AvgIpc) is 3.71. The number of rotatable bonds is 6. The molecule has 53 heavy (non-hydrogen) atoms. The Labute approximate surface area is 315 Å². The molecular weight excluding hydrogens is 659 g/mol. The lowest BCUT2D eigenvalue weighted by Gasteiger charge is -2.26. The molecule has 2 heteroatoms. The summed E-state index contributed by atoms with van der Waals surface area (Å²) in [6.45, 7) is 4.72. The number of benzene rings is 8. The molecule has 1 heterocycles. The van der Waals surface area contributed by atoms with E-state index in [1.165, 1.54) is 75.8 Å². The van der Waals surface area contributed by atoms with Crippen molar-refractivity contribution in [3.05, 3.63) is 199 Å². The van der Waals surface area contributed by atoms with Crippen LogP contribution in [0.2, 0.25) is 0 Å². The van der Waals surface area contributed by atoms with Gasteiger partial charge in [0.15, 0.2) is 0 Å². The summed E-state index contributed by atoms with van der Waals surface area (Å²) < 4.78 is 2.67. The molecule has 0 amide bonds. The zero-order valence-electron chi connectivity index (χ0n) is 29.8. The van der Waals surface area contributed by atoms with E-state index in [0.717, 1.165) is 17.1 Å². The quantitative estimate of drug-likeness (QED) is 0.167. The molecule has 1 aliphatic carbocycles. The standard InChI is InChI=1S/C51H37NS/c1-51(2)47-30-26-37(32-46(47)43-29-25-38(33-48(43)51)34-13-5-3-6-14-34)36-15-11-18-41(31-36)52(39-16-7-4-8-17-39)40-27-23-35(24-28-40)42-20-12-21-45-44-19-9-10-22-49(44)53-50(42)45/h3-33H,1-2H3. The normalized spacial score (nSPS) is 12.9.